The van der Waals surface area contributed by atoms with Crippen molar-refractivity contribution in [1.82, 2.24) is 10.2 Å². The average molecular weight is 258 g/mol. The van der Waals surface area contributed by atoms with Gasteiger partial charge in [0.15, 0.2) is 0 Å². The van der Waals surface area contributed by atoms with E-state index in [4.69, 9.17) is 4.74 Å². The Kier molecular flexibility index (Phi) is 4.21. The number of hydrogen-bond donors (Lipinski definition) is 3. The zero-order chi connectivity index (χ0) is 13.2. The van der Waals surface area contributed by atoms with Crippen molar-refractivity contribution in [2.24, 2.45) is 5.41 Å². The lowest BCUT2D eigenvalue weighted by molar-refractivity contribution is -0.147. The molecule has 0 aromatic rings. The van der Waals surface area contributed by atoms with E-state index in [0.717, 1.165) is 25.9 Å². The van der Waals surface area contributed by atoms with Crippen LogP contribution in [0.1, 0.15) is 12.8 Å². The quantitative estimate of drug-likeness (QED) is 0.578. The van der Waals surface area contributed by atoms with Crippen LogP contribution >= 0.6 is 0 Å². The summed E-state index contributed by atoms with van der Waals surface area (Å²) in [6.45, 7) is 2.44. The van der Waals surface area contributed by atoms with E-state index in [1.165, 1.54) is 0 Å². The minimum absolute atomic E-state index is 0.00134. The van der Waals surface area contributed by atoms with Crippen LogP contribution in [0.3, 0.4) is 0 Å². The van der Waals surface area contributed by atoms with Gasteiger partial charge in [-0.3, -0.25) is 4.79 Å². The highest BCUT2D eigenvalue weighted by Gasteiger charge is 2.45. The van der Waals surface area contributed by atoms with Gasteiger partial charge in [-0.2, -0.15) is 0 Å². The molecule has 0 saturated carbocycles. The number of aliphatic hydroxyl groups excluding tert-OH is 2. The first kappa shape index (κ1) is 13.7. The van der Waals surface area contributed by atoms with Crippen LogP contribution in [0.2, 0.25) is 0 Å². The molecule has 0 aromatic carbocycles. The number of rotatable bonds is 3. The third-order valence-corrected chi connectivity index (χ3v) is 3.98. The van der Waals surface area contributed by atoms with Gasteiger partial charge in [0.1, 0.15) is 0 Å². The number of methoxy groups -OCH3 is 1. The lowest BCUT2D eigenvalue weighted by Gasteiger charge is -2.38. The van der Waals surface area contributed by atoms with Crippen LogP contribution in [-0.4, -0.2) is 73.1 Å². The molecule has 2 atom stereocenters. The number of ether oxygens (including phenoxy) is 1. The van der Waals surface area contributed by atoms with E-state index in [-0.39, 0.29) is 19.0 Å². The molecule has 2 rings (SSSR count). The summed E-state index contributed by atoms with van der Waals surface area (Å²) < 4.78 is 5.22. The van der Waals surface area contributed by atoms with E-state index < -0.39 is 17.6 Å². The molecule has 2 fully saturated rings. The number of β-amino-alcohol motifs (C(OH)–C–C–N with tert-alkyl or cyclic N) is 2. The van der Waals surface area contributed by atoms with Crippen LogP contribution in [0.15, 0.2) is 0 Å². The SMILES string of the molecule is COCC1(C(=O)N2C[C@@H](O)[C@@H](O)C2)CCNCC1. The number of likely N-dealkylation sites (tertiary alicyclic amines) is 1. The topological polar surface area (TPSA) is 82.0 Å². The summed E-state index contributed by atoms with van der Waals surface area (Å²) in [6, 6.07) is 0. The van der Waals surface area contributed by atoms with E-state index in [0.29, 0.717) is 6.61 Å². The minimum Gasteiger partial charge on any atom is -0.388 e. The van der Waals surface area contributed by atoms with E-state index in [1.54, 1.807) is 12.0 Å². The highest BCUT2D eigenvalue weighted by Crippen LogP contribution is 2.32. The molecule has 0 aromatic heterocycles. The summed E-state index contributed by atoms with van der Waals surface area (Å²) >= 11 is 0. The van der Waals surface area contributed by atoms with Crippen molar-refractivity contribution in [2.75, 3.05) is 39.9 Å². The first-order chi connectivity index (χ1) is 8.59. The Labute approximate surface area is 107 Å². The number of nitrogens with zero attached hydrogens (tertiary/aromatic N) is 1. The van der Waals surface area contributed by atoms with Crippen LogP contribution < -0.4 is 5.32 Å². The van der Waals surface area contributed by atoms with Gasteiger partial charge in [0.05, 0.1) is 24.2 Å². The fourth-order valence-electron chi connectivity index (χ4n) is 2.87. The summed E-state index contributed by atoms with van der Waals surface area (Å²) in [7, 11) is 1.60. The van der Waals surface area contributed by atoms with Gasteiger partial charge in [0.25, 0.3) is 0 Å². The number of nitrogens with one attached hydrogen (secondary N) is 1. The van der Waals surface area contributed by atoms with E-state index in [2.05, 4.69) is 5.32 Å². The molecule has 0 radical (unpaired) electrons. The Bertz CT molecular complexity index is 289. The summed E-state index contributed by atoms with van der Waals surface area (Å²) in [5, 5.41) is 22.3. The van der Waals surface area contributed by atoms with Crippen LogP contribution in [0.4, 0.5) is 0 Å². The molecule has 0 spiro atoms. The molecule has 0 unspecified atom stereocenters. The maximum absolute atomic E-state index is 12.6. The molecular formula is C12H22N2O4. The smallest absolute Gasteiger partial charge is 0.231 e. The Morgan fingerprint density at radius 1 is 1.33 bits per heavy atom. The molecule has 1 amide bonds. The van der Waals surface area contributed by atoms with Gasteiger partial charge in [-0.1, -0.05) is 0 Å². The van der Waals surface area contributed by atoms with Gasteiger partial charge in [-0.15, -0.1) is 0 Å². The standard InChI is InChI=1S/C12H22N2O4/c1-18-8-12(2-4-13-5-3-12)11(17)14-6-9(15)10(16)7-14/h9-10,13,15-16H,2-8H2,1H3/t9-,10+. The number of amides is 1. The Balaban J connectivity index is 2.08. The second-order valence-corrected chi connectivity index (χ2v) is 5.31. The molecule has 18 heavy (non-hydrogen) atoms. The highest BCUT2D eigenvalue weighted by atomic mass is 16.5. The molecular weight excluding hydrogens is 236 g/mol. The van der Waals surface area contributed by atoms with Crippen LogP contribution in [0.5, 0.6) is 0 Å². The summed E-state index contributed by atoms with van der Waals surface area (Å²) in [4.78, 5) is 14.2. The molecule has 3 N–H and O–H groups in total. The van der Waals surface area contributed by atoms with Crippen molar-refractivity contribution >= 4 is 5.91 Å². The van der Waals surface area contributed by atoms with Gasteiger partial charge in [0, 0.05) is 20.2 Å². The van der Waals surface area contributed by atoms with Crippen molar-refractivity contribution in [2.45, 2.75) is 25.0 Å². The predicted octanol–water partition coefficient (Wildman–Crippen LogP) is -1.43. The Hall–Kier alpha value is -0.690. The third-order valence-electron chi connectivity index (χ3n) is 3.98. The number of carbonyl (C=O) groups excluding carboxylic acids is 1. The first-order valence-electron chi connectivity index (χ1n) is 6.44. The molecule has 2 heterocycles. The fourth-order valence-corrected chi connectivity index (χ4v) is 2.87. The van der Waals surface area contributed by atoms with Crippen LogP contribution in [-0.2, 0) is 9.53 Å². The number of piperidine rings is 1. The van der Waals surface area contributed by atoms with Gasteiger partial charge in [-0.05, 0) is 25.9 Å². The van der Waals surface area contributed by atoms with E-state index in [1.807, 2.05) is 0 Å². The second kappa shape index (κ2) is 5.52. The normalized spacial score (nSPS) is 31.6. The van der Waals surface area contributed by atoms with Crippen LogP contribution in [0, 0.1) is 5.41 Å². The maximum atomic E-state index is 12.6. The molecule has 104 valence electrons. The summed E-state index contributed by atoms with van der Waals surface area (Å²) in [6.07, 6.45) is -0.171. The highest BCUT2D eigenvalue weighted by molar-refractivity contribution is 5.83. The number of carbonyl (C=O) groups is 1. The number of aliphatic hydroxyl groups is 2. The average Bonchev–Trinajstić information content (AvgIpc) is 2.70. The third kappa shape index (κ3) is 2.51. The Morgan fingerprint density at radius 2 is 1.89 bits per heavy atom. The molecule has 0 bridgehead atoms. The Morgan fingerprint density at radius 3 is 2.39 bits per heavy atom. The van der Waals surface area contributed by atoms with Crippen molar-refractivity contribution in [1.29, 1.82) is 0 Å². The zero-order valence-corrected chi connectivity index (χ0v) is 10.8. The van der Waals surface area contributed by atoms with Crippen molar-refractivity contribution in [3.05, 3.63) is 0 Å². The largest absolute Gasteiger partial charge is 0.388 e. The number of hydrogen-bond acceptors (Lipinski definition) is 5. The first-order valence-corrected chi connectivity index (χ1v) is 6.44. The molecule has 2 aliphatic heterocycles. The van der Waals surface area contributed by atoms with Gasteiger partial charge in [0.2, 0.25) is 5.91 Å². The van der Waals surface area contributed by atoms with Gasteiger partial charge < -0.3 is 25.2 Å². The second-order valence-electron chi connectivity index (χ2n) is 5.31. The van der Waals surface area contributed by atoms with Crippen molar-refractivity contribution in [3.63, 3.8) is 0 Å². The monoisotopic (exact) mass is 258 g/mol. The van der Waals surface area contributed by atoms with E-state index >= 15 is 0 Å². The molecule has 2 saturated heterocycles. The van der Waals surface area contributed by atoms with Gasteiger partial charge in [-0.25, -0.2) is 0 Å². The fraction of sp³-hybridized carbons (Fsp3) is 0.917. The maximum Gasteiger partial charge on any atom is 0.231 e. The van der Waals surface area contributed by atoms with Crippen molar-refractivity contribution in [3.8, 4) is 0 Å². The van der Waals surface area contributed by atoms with Crippen molar-refractivity contribution < 1.29 is 19.7 Å². The zero-order valence-electron chi connectivity index (χ0n) is 10.8. The molecule has 6 nitrogen and oxygen atoms in total. The molecule has 6 heteroatoms. The lowest BCUT2D eigenvalue weighted by atomic mass is 9.78. The van der Waals surface area contributed by atoms with E-state index in [9.17, 15) is 15.0 Å². The summed E-state index contributed by atoms with van der Waals surface area (Å²) in [5.74, 6) is 0.00134. The lowest BCUT2D eigenvalue weighted by Crippen LogP contribution is -2.51. The predicted molar refractivity (Wildman–Crippen MR) is 65.0 cm³/mol. The summed E-state index contributed by atoms with van der Waals surface area (Å²) in [5.41, 5.74) is -0.496. The van der Waals surface area contributed by atoms with Gasteiger partial charge >= 0.3 is 0 Å². The molecule has 0 aliphatic carbocycles. The molecule has 2 aliphatic rings. The minimum atomic E-state index is -0.824. The van der Waals surface area contributed by atoms with Crippen LogP contribution in [0.25, 0.3) is 0 Å².